The summed E-state index contributed by atoms with van der Waals surface area (Å²) in [7, 11) is 0. The van der Waals surface area contributed by atoms with Gasteiger partial charge in [-0.15, -0.1) is 0 Å². The van der Waals surface area contributed by atoms with Crippen molar-refractivity contribution in [2.75, 3.05) is 23.8 Å². The second-order valence-corrected chi connectivity index (χ2v) is 8.10. The molecule has 0 heterocycles. The van der Waals surface area contributed by atoms with Crippen LogP contribution in [0.1, 0.15) is 22.3 Å². The Hall–Kier alpha value is -4.58. The quantitative estimate of drug-likeness (QED) is 0.259. The van der Waals surface area contributed by atoms with Gasteiger partial charge in [-0.3, -0.25) is 9.59 Å². The van der Waals surface area contributed by atoms with E-state index in [1.807, 2.05) is 60.7 Å². The van der Waals surface area contributed by atoms with E-state index in [0.717, 1.165) is 11.3 Å². The third-order valence-electron chi connectivity index (χ3n) is 5.37. The molecule has 0 unspecified atom stereocenters. The van der Waals surface area contributed by atoms with Crippen LogP contribution in [-0.4, -0.2) is 25.0 Å². The van der Waals surface area contributed by atoms with Gasteiger partial charge >= 0.3 is 0 Å². The molecule has 0 atom stereocenters. The zero-order chi connectivity index (χ0) is 25.0. The van der Waals surface area contributed by atoms with Crippen molar-refractivity contribution in [2.24, 2.45) is 0 Å². The van der Waals surface area contributed by atoms with Crippen molar-refractivity contribution in [2.45, 2.75) is 12.8 Å². The predicted molar refractivity (Wildman–Crippen MR) is 142 cm³/mol. The summed E-state index contributed by atoms with van der Waals surface area (Å²) >= 11 is 0. The maximum atomic E-state index is 12.7. The topological polar surface area (TPSA) is 76.7 Å². The number of aryl methyl sites for hydroxylation is 1. The Balaban J connectivity index is 1.23. The van der Waals surface area contributed by atoms with Crippen LogP contribution in [0.5, 0.6) is 11.5 Å². The molecule has 0 fully saturated rings. The Bertz CT molecular complexity index is 1260. The van der Waals surface area contributed by atoms with E-state index in [1.54, 1.807) is 48.5 Å². The average molecular weight is 481 g/mol. The minimum absolute atomic E-state index is 0.0541. The van der Waals surface area contributed by atoms with E-state index in [9.17, 15) is 9.59 Å². The molecule has 0 aromatic heterocycles. The van der Waals surface area contributed by atoms with Gasteiger partial charge in [0.15, 0.2) is 0 Å². The maximum Gasteiger partial charge on any atom is 0.255 e. The summed E-state index contributed by atoms with van der Waals surface area (Å²) in [5.41, 5.74) is 2.92. The summed E-state index contributed by atoms with van der Waals surface area (Å²) in [6, 6.07) is 33.5. The van der Waals surface area contributed by atoms with Crippen LogP contribution >= 0.6 is 0 Å². The molecular formula is C30H28N2O4. The lowest BCUT2D eigenvalue weighted by Gasteiger charge is -2.10. The molecule has 36 heavy (non-hydrogen) atoms. The molecule has 2 N–H and O–H groups in total. The van der Waals surface area contributed by atoms with Crippen LogP contribution in [0.15, 0.2) is 109 Å². The van der Waals surface area contributed by atoms with Gasteiger partial charge in [0.1, 0.15) is 24.7 Å². The highest BCUT2D eigenvalue weighted by Crippen LogP contribution is 2.18. The van der Waals surface area contributed by atoms with Gasteiger partial charge in [-0.25, -0.2) is 0 Å². The van der Waals surface area contributed by atoms with Gasteiger partial charge in [0.2, 0.25) is 5.91 Å². The molecule has 6 heteroatoms. The van der Waals surface area contributed by atoms with E-state index in [2.05, 4.69) is 10.6 Å². The molecule has 4 rings (SSSR count). The normalized spacial score (nSPS) is 10.3. The third-order valence-corrected chi connectivity index (χ3v) is 5.37. The van der Waals surface area contributed by atoms with Gasteiger partial charge in [-0.2, -0.15) is 0 Å². The standard InChI is InChI=1S/C30H28N2O4/c33-29(19-14-23-8-3-1-4-9-23)31-25-15-17-26(18-16-25)32-30(34)24-10-7-13-28(22-24)36-21-20-35-27-11-5-2-6-12-27/h1-13,15-18,22H,14,19-21H2,(H,31,33)(H,32,34). The van der Waals surface area contributed by atoms with Crippen molar-refractivity contribution in [3.05, 3.63) is 120 Å². The van der Waals surface area contributed by atoms with Crippen LogP contribution in [0.2, 0.25) is 0 Å². The first kappa shape index (κ1) is 24.5. The molecule has 4 aromatic rings. The summed E-state index contributed by atoms with van der Waals surface area (Å²) in [4.78, 5) is 24.9. The van der Waals surface area contributed by atoms with Crippen LogP contribution in [0.4, 0.5) is 11.4 Å². The SMILES string of the molecule is O=C(CCc1ccccc1)Nc1ccc(NC(=O)c2cccc(OCCOc3ccccc3)c2)cc1. The van der Waals surface area contributed by atoms with E-state index in [1.165, 1.54) is 0 Å². The summed E-state index contributed by atoms with van der Waals surface area (Å²) in [6.07, 6.45) is 1.09. The Morgan fingerprint density at radius 3 is 1.89 bits per heavy atom. The zero-order valence-electron chi connectivity index (χ0n) is 19.9. The summed E-state index contributed by atoms with van der Waals surface area (Å²) < 4.78 is 11.3. The van der Waals surface area contributed by atoms with Crippen molar-refractivity contribution >= 4 is 23.2 Å². The van der Waals surface area contributed by atoms with Crippen LogP contribution in [0.3, 0.4) is 0 Å². The highest BCUT2D eigenvalue weighted by Gasteiger charge is 2.09. The minimum atomic E-state index is -0.249. The van der Waals surface area contributed by atoms with E-state index in [0.29, 0.717) is 48.7 Å². The van der Waals surface area contributed by atoms with E-state index in [4.69, 9.17) is 9.47 Å². The number of para-hydroxylation sites is 1. The molecule has 4 aromatic carbocycles. The number of ether oxygens (including phenoxy) is 2. The van der Waals surface area contributed by atoms with Gasteiger partial charge in [-0.05, 0) is 66.6 Å². The number of amides is 2. The second-order valence-electron chi connectivity index (χ2n) is 8.10. The highest BCUT2D eigenvalue weighted by molar-refractivity contribution is 6.04. The van der Waals surface area contributed by atoms with Gasteiger partial charge in [0, 0.05) is 23.4 Å². The summed E-state index contributed by atoms with van der Waals surface area (Å²) in [5.74, 6) is 1.07. The van der Waals surface area contributed by atoms with Gasteiger partial charge in [-0.1, -0.05) is 54.6 Å². The fraction of sp³-hybridized carbons (Fsp3) is 0.133. The number of hydrogen-bond donors (Lipinski definition) is 2. The van der Waals surface area contributed by atoms with Gasteiger partial charge in [0.25, 0.3) is 5.91 Å². The number of anilines is 2. The number of carbonyl (C=O) groups is 2. The van der Waals surface area contributed by atoms with Crippen molar-refractivity contribution in [1.29, 1.82) is 0 Å². The zero-order valence-corrected chi connectivity index (χ0v) is 19.9. The number of nitrogens with one attached hydrogen (secondary N) is 2. The maximum absolute atomic E-state index is 12.7. The fourth-order valence-electron chi connectivity index (χ4n) is 3.53. The molecule has 0 bridgehead atoms. The second kappa shape index (κ2) is 12.8. The minimum Gasteiger partial charge on any atom is -0.490 e. The van der Waals surface area contributed by atoms with Crippen molar-refractivity contribution in [3.8, 4) is 11.5 Å². The largest absolute Gasteiger partial charge is 0.490 e. The van der Waals surface area contributed by atoms with E-state index >= 15 is 0 Å². The molecule has 6 nitrogen and oxygen atoms in total. The van der Waals surface area contributed by atoms with Crippen LogP contribution < -0.4 is 20.1 Å². The van der Waals surface area contributed by atoms with Crippen LogP contribution in [0.25, 0.3) is 0 Å². The lowest BCUT2D eigenvalue weighted by molar-refractivity contribution is -0.116. The van der Waals surface area contributed by atoms with Crippen LogP contribution in [-0.2, 0) is 11.2 Å². The van der Waals surface area contributed by atoms with Crippen molar-refractivity contribution < 1.29 is 19.1 Å². The lowest BCUT2D eigenvalue weighted by Crippen LogP contribution is -2.14. The Morgan fingerprint density at radius 2 is 1.19 bits per heavy atom. The number of rotatable bonds is 11. The molecule has 0 aliphatic carbocycles. The Labute approximate surface area is 210 Å². The number of benzene rings is 4. The fourth-order valence-corrected chi connectivity index (χ4v) is 3.53. The molecule has 0 saturated carbocycles. The van der Waals surface area contributed by atoms with Crippen molar-refractivity contribution in [3.63, 3.8) is 0 Å². The molecule has 0 saturated heterocycles. The van der Waals surface area contributed by atoms with E-state index < -0.39 is 0 Å². The highest BCUT2D eigenvalue weighted by atomic mass is 16.5. The average Bonchev–Trinajstić information content (AvgIpc) is 2.92. The Kier molecular flexibility index (Phi) is 8.70. The molecule has 0 radical (unpaired) electrons. The van der Waals surface area contributed by atoms with E-state index in [-0.39, 0.29) is 11.8 Å². The summed E-state index contributed by atoms with van der Waals surface area (Å²) in [6.45, 7) is 0.758. The molecule has 2 amide bonds. The lowest BCUT2D eigenvalue weighted by atomic mass is 10.1. The third kappa shape index (κ3) is 7.74. The molecule has 0 aliphatic heterocycles. The molecule has 0 aliphatic rings. The van der Waals surface area contributed by atoms with Gasteiger partial charge < -0.3 is 20.1 Å². The summed E-state index contributed by atoms with van der Waals surface area (Å²) in [5, 5.41) is 5.76. The van der Waals surface area contributed by atoms with Gasteiger partial charge in [0.05, 0.1) is 0 Å². The molecular weight excluding hydrogens is 452 g/mol. The smallest absolute Gasteiger partial charge is 0.255 e. The first-order valence-electron chi connectivity index (χ1n) is 11.8. The predicted octanol–water partition coefficient (Wildman–Crippen LogP) is 5.97. The number of hydrogen-bond acceptors (Lipinski definition) is 4. The molecule has 0 spiro atoms. The molecule has 182 valence electrons. The monoisotopic (exact) mass is 480 g/mol. The van der Waals surface area contributed by atoms with Crippen molar-refractivity contribution in [1.82, 2.24) is 0 Å². The first-order chi connectivity index (χ1) is 17.7. The van der Waals surface area contributed by atoms with Crippen LogP contribution in [0, 0.1) is 0 Å². The first-order valence-corrected chi connectivity index (χ1v) is 11.8. The Morgan fingerprint density at radius 1 is 0.611 bits per heavy atom. The number of carbonyl (C=O) groups excluding carboxylic acids is 2.